The Hall–Kier alpha value is 0.114. The second kappa shape index (κ2) is 3.16. The van der Waals surface area contributed by atoms with Gasteiger partial charge in [0.2, 0.25) is 0 Å². The van der Waals surface area contributed by atoms with E-state index in [1.54, 1.807) is 0 Å². The third-order valence-electron chi connectivity index (χ3n) is 0.461. The summed E-state index contributed by atoms with van der Waals surface area (Å²) in [6.45, 7) is 0. The average molecular weight is 172 g/mol. The monoisotopic (exact) mass is 172 g/mol. The number of hydrogen-bond acceptors (Lipinski definition) is 1. The van der Waals surface area contributed by atoms with E-state index < -0.39 is 0 Å². The van der Waals surface area contributed by atoms with E-state index in [0.29, 0.717) is 0 Å². The minimum atomic E-state index is -0.144. The molecule has 0 atom stereocenters. The molecule has 0 bridgehead atoms. The first-order valence-electron chi connectivity index (χ1n) is 1.53. The quantitative estimate of drug-likeness (QED) is 0.509. The van der Waals surface area contributed by atoms with Gasteiger partial charge in [0.05, 0.1) is 0 Å². The van der Waals surface area contributed by atoms with Gasteiger partial charge in [-0.25, -0.2) is 0 Å². The van der Waals surface area contributed by atoms with E-state index in [0.717, 1.165) is 0 Å². The molecule has 1 heterocycles. The molecule has 0 aromatic carbocycles. The van der Waals surface area contributed by atoms with Crippen LogP contribution in [-0.2, 0) is 32.7 Å². The number of aromatic nitrogens is 2. The number of hydrogen-bond donors (Lipinski definition) is 2. The molecule has 1 radical (unpaired) electrons. The molecule has 7 heavy (non-hydrogen) atoms. The predicted molar refractivity (Wildman–Crippen MR) is 20.2 cm³/mol. The van der Waals surface area contributed by atoms with Gasteiger partial charge in [0.15, 0.2) is 0 Å². The van der Waals surface area contributed by atoms with E-state index in [1.807, 2.05) is 0 Å². The minimum Gasteiger partial charge on any atom is -0.408 e. The number of rotatable bonds is 0. The summed E-state index contributed by atoms with van der Waals surface area (Å²) in [5.74, 6) is 0. The molecule has 0 saturated heterocycles. The van der Waals surface area contributed by atoms with E-state index in [-0.39, 0.29) is 38.3 Å². The van der Waals surface area contributed by atoms with Crippen LogP contribution in [0.5, 0.6) is 0 Å². The van der Waals surface area contributed by atoms with E-state index in [9.17, 15) is 4.79 Å². The molecule has 4 heteroatoms. The largest absolute Gasteiger partial charge is 0.408 e. The van der Waals surface area contributed by atoms with Gasteiger partial charge in [0, 0.05) is 32.7 Å². The van der Waals surface area contributed by atoms with Crippen LogP contribution >= 0.6 is 0 Å². The van der Waals surface area contributed by atoms with Gasteiger partial charge in [-0.15, -0.1) is 6.20 Å². The standard InChI is InChI=1S/C3H3N2O.Y/c6-3-1-2-4-5-3;/h1H,(H2,4,5,6);/q-1;. The van der Waals surface area contributed by atoms with Crippen molar-refractivity contribution in [2.24, 2.45) is 0 Å². The third kappa shape index (κ3) is 2.04. The zero-order chi connectivity index (χ0) is 4.41. The maximum Gasteiger partial charge on any atom is 0.103 e. The second-order valence-electron chi connectivity index (χ2n) is 0.903. The van der Waals surface area contributed by atoms with Crippen LogP contribution < -0.4 is 5.56 Å². The predicted octanol–water partition coefficient (Wildman–Crippen LogP) is -0.499. The zero-order valence-electron chi connectivity index (χ0n) is 3.56. The van der Waals surface area contributed by atoms with Gasteiger partial charge in [-0.2, -0.15) is 6.07 Å². The molecule has 0 amide bonds. The fourth-order valence-corrected chi connectivity index (χ4v) is 0.235. The fourth-order valence-electron chi connectivity index (χ4n) is 0.235. The summed E-state index contributed by atoms with van der Waals surface area (Å²) in [4.78, 5) is 9.95. The van der Waals surface area contributed by atoms with Crippen LogP contribution in [0.15, 0.2) is 10.9 Å². The Balaban J connectivity index is 0.000000360. The van der Waals surface area contributed by atoms with Crippen LogP contribution in [0.25, 0.3) is 0 Å². The Kier molecular flexibility index (Phi) is 3.21. The van der Waals surface area contributed by atoms with Crippen LogP contribution in [0, 0.1) is 6.20 Å². The molecule has 0 fully saturated rings. The topological polar surface area (TPSA) is 48.6 Å². The smallest absolute Gasteiger partial charge is 0.103 e. The van der Waals surface area contributed by atoms with E-state index in [1.165, 1.54) is 6.07 Å². The maximum atomic E-state index is 9.95. The van der Waals surface area contributed by atoms with Crippen LogP contribution in [0.1, 0.15) is 0 Å². The molecular formula is C3H3N2OY-. The molecule has 1 rings (SSSR count). The van der Waals surface area contributed by atoms with Crippen LogP contribution in [0.2, 0.25) is 0 Å². The molecule has 0 saturated carbocycles. The van der Waals surface area contributed by atoms with Crippen LogP contribution in [0.3, 0.4) is 0 Å². The van der Waals surface area contributed by atoms with Crippen molar-refractivity contribution >= 4 is 0 Å². The third-order valence-corrected chi connectivity index (χ3v) is 0.461. The van der Waals surface area contributed by atoms with Gasteiger partial charge in [0.1, 0.15) is 5.56 Å². The van der Waals surface area contributed by atoms with Crippen molar-refractivity contribution in [3.63, 3.8) is 0 Å². The molecule has 35 valence electrons. The second-order valence-corrected chi connectivity index (χ2v) is 0.903. The first-order valence-corrected chi connectivity index (χ1v) is 1.53. The van der Waals surface area contributed by atoms with E-state index >= 15 is 0 Å². The normalized spacial score (nSPS) is 7.43. The van der Waals surface area contributed by atoms with E-state index in [2.05, 4.69) is 16.4 Å². The van der Waals surface area contributed by atoms with Crippen LogP contribution in [-0.4, -0.2) is 10.2 Å². The summed E-state index contributed by atoms with van der Waals surface area (Å²) in [6, 6.07) is 1.29. The molecule has 3 nitrogen and oxygen atoms in total. The van der Waals surface area contributed by atoms with Gasteiger partial charge in [-0.3, -0.25) is 0 Å². The number of H-pyrrole nitrogens is 2. The Morgan fingerprint density at radius 1 is 1.71 bits per heavy atom. The SMILES string of the molecule is O=c1c[c-][nH][nH]1.[Y]. The molecule has 0 spiro atoms. The summed E-state index contributed by atoms with van der Waals surface area (Å²) in [6.07, 6.45) is 2.44. The van der Waals surface area contributed by atoms with Crippen molar-refractivity contribution in [2.75, 3.05) is 0 Å². The molecule has 0 aliphatic heterocycles. The number of nitrogens with one attached hydrogen (secondary N) is 2. The van der Waals surface area contributed by atoms with Crippen molar-refractivity contribution in [1.82, 2.24) is 10.2 Å². The first-order chi connectivity index (χ1) is 2.89. The summed E-state index contributed by atoms with van der Waals surface area (Å²) in [7, 11) is 0. The Morgan fingerprint density at radius 2 is 2.43 bits per heavy atom. The summed E-state index contributed by atoms with van der Waals surface area (Å²) < 4.78 is 0. The Bertz CT molecular complexity index is 151. The molecule has 2 N–H and O–H groups in total. The molecule has 1 aromatic heterocycles. The molecule has 1 aromatic rings. The van der Waals surface area contributed by atoms with Crippen molar-refractivity contribution < 1.29 is 32.7 Å². The van der Waals surface area contributed by atoms with E-state index in [4.69, 9.17) is 0 Å². The van der Waals surface area contributed by atoms with Crippen molar-refractivity contribution in [1.29, 1.82) is 0 Å². The van der Waals surface area contributed by atoms with Gasteiger partial charge in [0.25, 0.3) is 0 Å². The van der Waals surface area contributed by atoms with Crippen molar-refractivity contribution in [3.05, 3.63) is 22.6 Å². The summed E-state index contributed by atoms with van der Waals surface area (Å²) in [5.41, 5.74) is -0.144. The van der Waals surface area contributed by atoms with Crippen molar-refractivity contribution in [3.8, 4) is 0 Å². The average Bonchev–Trinajstić information content (AvgIpc) is 1.86. The minimum absolute atomic E-state index is 0. The molecule has 0 unspecified atom stereocenters. The van der Waals surface area contributed by atoms with Gasteiger partial charge in [-0.05, 0) is 0 Å². The fraction of sp³-hybridized carbons (Fsp3) is 0. The Morgan fingerprint density at radius 3 is 2.57 bits per heavy atom. The van der Waals surface area contributed by atoms with Crippen molar-refractivity contribution in [2.45, 2.75) is 0 Å². The van der Waals surface area contributed by atoms with Crippen LogP contribution in [0.4, 0.5) is 0 Å². The Labute approximate surface area is 65.4 Å². The van der Waals surface area contributed by atoms with Gasteiger partial charge >= 0.3 is 0 Å². The van der Waals surface area contributed by atoms with Gasteiger partial charge < -0.3 is 15.0 Å². The molecule has 0 aliphatic carbocycles. The summed E-state index contributed by atoms with van der Waals surface area (Å²) >= 11 is 0. The van der Waals surface area contributed by atoms with Gasteiger partial charge in [-0.1, -0.05) is 0 Å². The number of aromatic amines is 2. The molecular weight excluding hydrogens is 169 g/mol. The zero-order valence-corrected chi connectivity index (χ0v) is 6.40. The maximum absolute atomic E-state index is 9.95. The summed E-state index contributed by atoms with van der Waals surface area (Å²) in [5, 5.41) is 4.63. The first kappa shape index (κ1) is 7.11. The molecule has 0 aliphatic rings.